The third-order valence-electron chi connectivity index (χ3n) is 9.13. The Kier molecular flexibility index (Phi) is 27.1. The standard InChI is InChI=1S/C38H73N3O2/c1-5-8-11-14-17-22-28-37(27-21-13-10-7-3)38(42)43-35-25-20-16-15-19-24-31-40(30-23-18-12-9-6-2)32-26-33-41-34-29-39-36(41)4/h29,34,37H,5-28,30-33,35H2,1-4H3. The highest BCUT2D eigenvalue weighted by Crippen LogP contribution is 2.21. The van der Waals surface area contributed by atoms with Gasteiger partial charge in [0.1, 0.15) is 5.82 Å². The van der Waals surface area contributed by atoms with Crippen LogP contribution in [0.15, 0.2) is 12.4 Å². The molecule has 0 N–H and O–H groups in total. The summed E-state index contributed by atoms with van der Waals surface area (Å²) in [5.41, 5.74) is 0. The maximum atomic E-state index is 12.9. The van der Waals surface area contributed by atoms with Crippen molar-refractivity contribution in [1.29, 1.82) is 0 Å². The van der Waals surface area contributed by atoms with Gasteiger partial charge in [0.15, 0.2) is 0 Å². The van der Waals surface area contributed by atoms with E-state index in [4.69, 9.17) is 4.74 Å². The molecule has 0 aliphatic carbocycles. The number of rotatable bonds is 32. The minimum absolute atomic E-state index is 0.0861. The number of carbonyl (C=O) groups is 1. The molecule has 5 heteroatoms. The number of hydrogen-bond donors (Lipinski definition) is 0. The average molecular weight is 604 g/mol. The van der Waals surface area contributed by atoms with Crippen LogP contribution in [0.3, 0.4) is 0 Å². The van der Waals surface area contributed by atoms with E-state index in [1.165, 1.54) is 154 Å². The summed E-state index contributed by atoms with van der Waals surface area (Å²) in [7, 11) is 0. The van der Waals surface area contributed by atoms with E-state index < -0.39 is 0 Å². The van der Waals surface area contributed by atoms with Crippen molar-refractivity contribution in [2.24, 2.45) is 5.92 Å². The second-order valence-corrected chi connectivity index (χ2v) is 13.2. The summed E-state index contributed by atoms with van der Waals surface area (Å²) in [6.07, 6.45) is 34.1. The highest BCUT2D eigenvalue weighted by molar-refractivity contribution is 5.72. The topological polar surface area (TPSA) is 47.4 Å². The Bertz CT molecular complexity index is 735. The third-order valence-corrected chi connectivity index (χ3v) is 9.13. The Labute approximate surface area is 268 Å². The fourth-order valence-corrected chi connectivity index (χ4v) is 6.18. The Balaban J connectivity index is 2.21. The second-order valence-electron chi connectivity index (χ2n) is 13.2. The van der Waals surface area contributed by atoms with Gasteiger partial charge in [0.05, 0.1) is 12.5 Å². The van der Waals surface area contributed by atoms with Gasteiger partial charge in [0, 0.05) is 18.9 Å². The van der Waals surface area contributed by atoms with Crippen LogP contribution in [0.1, 0.15) is 181 Å². The minimum Gasteiger partial charge on any atom is -0.465 e. The number of carbonyl (C=O) groups excluding carboxylic acids is 1. The molecule has 5 nitrogen and oxygen atoms in total. The summed E-state index contributed by atoms with van der Waals surface area (Å²) >= 11 is 0. The van der Waals surface area contributed by atoms with Crippen molar-refractivity contribution in [3.63, 3.8) is 0 Å². The van der Waals surface area contributed by atoms with Gasteiger partial charge >= 0.3 is 5.97 Å². The first-order valence-corrected chi connectivity index (χ1v) is 19.0. The van der Waals surface area contributed by atoms with Gasteiger partial charge < -0.3 is 14.2 Å². The Morgan fingerprint density at radius 1 is 0.674 bits per heavy atom. The summed E-state index contributed by atoms with van der Waals surface area (Å²) < 4.78 is 8.08. The SMILES string of the molecule is CCCCCCCCC(CCCCCC)C(=O)OCCCCCCCCN(CCCCCCC)CCCn1ccnc1C. The molecule has 0 amide bonds. The molecule has 0 radical (unpaired) electrons. The largest absolute Gasteiger partial charge is 0.465 e. The quantitative estimate of drug-likeness (QED) is 0.0607. The lowest BCUT2D eigenvalue weighted by Gasteiger charge is -2.22. The van der Waals surface area contributed by atoms with E-state index in [1.807, 2.05) is 6.20 Å². The maximum absolute atomic E-state index is 12.9. The van der Waals surface area contributed by atoms with Gasteiger partial charge in [-0.15, -0.1) is 0 Å². The predicted molar refractivity (Wildman–Crippen MR) is 186 cm³/mol. The summed E-state index contributed by atoms with van der Waals surface area (Å²) in [4.78, 5) is 19.9. The zero-order valence-electron chi connectivity index (χ0n) is 29.4. The van der Waals surface area contributed by atoms with E-state index in [0.717, 1.165) is 31.6 Å². The first-order valence-electron chi connectivity index (χ1n) is 19.0. The molecule has 1 aromatic rings. The van der Waals surface area contributed by atoms with Gasteiger partial charge in [-0.2, -0.15) is 0 Å². The zero-order valence-corrected chi connectivity index (χ0v) is 29.4. The van der Waals surface area contributed by atoms with Crippen molar-refractivity contribution in [3.05, 3.63) is 18.2 Å². The summed E-state index contributed by atoms with van der Waals surface area (Å²) in [6, 6.07) is 0. The van der Waals surface area contributed by atoms with Crippen LogP contribution >= 0.6 is 0 Å². The van der Waals surface area contributed by atoms with Crippen LogP contribution in [-0.2, 0) is 16.1 Å². The summed E-state index contributed by atoms with van der Waals surface area (Å²) in [5.74, 6) is 1.33. The molecule has 1 unspecified atom stereocenters. The van der Waals surface area contributed by atoms with Crippen LogP contribution in [0.25, 0.3) is 0 Å². The second kappa shape index (κ2) is 29.4. The molecule has 1 rings (SSSR count). The number of nitrogens with zero attached hydrogens (tertiary/aromatic N) is 3. The molecule has 0 aromatic carbocycles. The third kappa shape index (κ3) is 22.8. The number of unbranched alkanes of at least 4 members (excludes halogenated alkanes) is 17. The highest BCUT2D eigenvalue weighted by atomic mass is 16.5. The monoisotopic (exact) mass is 604 g/mol. The lowest BCUT2D eigenvalue weighted by molar-refractivity contribution is -0.149. The van der Waals surface area contributed by atoms with Gasteiger partial charge in [-0.25, -0.2) is 4.98 Å². The fourth-order valence-electron chi connectivity index (χ4n) is 6.18. The molecule has 0 fully saturated rings. The van der Waals surface area contributed by atoms with Crippen LogP contribution in [0, 0.1) is 12.8 Å². The molecular weight excluding hydrogens is 530 g/mol. The summed E-state index contributed by atoms with van der Waals surface area (Å²) in [5, 5.41) is 0. The molecule has 0 aliphatic rings. The van der Waals surface area contributed by atoms with Gasteiger partial charge in [-0.05, 0) is 65.1 Å². The van der Waals surface area contributed by atoms with Crippen molar-refractivity contribution < 1.29 is 9.53 Å². The van der Waals surface area contributed by atoms with Gasteiger partial charge in [0.2, 0.25) is 0 Å². The van der Waals surface area contributed by atoms with Crippen molar-refractivity contribution >= 4 is 5.97 Å². The first-order chi connectivity index (χ1) is 21.1. The van der Waals surface area contributed by atoms with E-state index in [1.54, 1.807) is 0 Å². The van der Waals surface area contributed by atoms with E-state index in [0.29, 0.717) is 6.61 Å². The maximum Gasteiger partial charge on any atom is 0.308 e. The molecule has 1 heterocycles. The molecule has 0 saturated heterocycles. The normalized spacial score (nSPS) is 12.3. The molecular formula is C38H73N3O2. The predicted octanol–water partition coefficient (Wildman–Crippen LogP) is 11.1. The average Bonchev–Trinajstić information content (AvgIpc) is 3.42. The van der Waals surface area contributed by atoms with E-state index in [9.17, 15) is 4.79 Å². The van der Waals surface area contributed by atoms with Crippen LogP contribution in [0.2, 0.25) is 0 Å². The van der Waals surface area contributed by atoms with Crippen LogP contribution in [0.5, 0.6) is 0 Å². The van der Waals surface area contributed by atoms with Gasteiger partial charge in [0.25, 0.3) is 0 Å². The molecule has 43 heavy (non-hydrogen) atoms. The molecule has 0 saturated carbocycles. The van der Waals surface area contributed by atoms with Crippen molar-refractivity contribution in [3.8, 4) is 0 Å². The minimum atomic E-state index is 0.0861. The molecule has 1 atom stereocenters. The Hall–Kier alpha value is -1.36. The fraction of sp³-hybridized carbons (Fsp3) is 0.895. The number of imidazole rings is 1. The highest BCUT2D eigenvalue weighted by Gasteiger charge is 2.19. The lowest BCUT2D eigenvalue weighted by atomic mass is 9.94. The number of aryl methyl sites for hydroxylation is 2. The number of esters is 1. The van der Waals surface area contributed by atoms with Gasteiger partial charge in [-0.3, -0.25) is 4.79 Å². The molecule has 252 valence electrons. The lowest BCUT2D eigenvalue weighted by Crippen LogP contribution is -2.28. The number of hydrogen-bond acceptors (Lipinski definition) is 4. The smallest absolute Gasteiger partial charge is 0.308 e. The van der Waals surface area contributed by atoms with Crippen molar-refractivity contribution in [2.75, 3.05) is 26.2 Å². The molecule has 0 spiro atoms. The molecule has 1 aromatic heterocycles. The Morgan fingerprint density at radius 3 is 1.67 bits per heavy atom. The van der Waals surface area contributed by atoms with E-state index in [2.05, 4.69) is 48.3 Å². The zero-order chi connectivity index (χ0) is 31.2. The number of aromatic nitrogens is 2. The van der Waals surface area contributed by atoms with Crippen molar-refractivity contribution in [2.45, 2.75) is 188 Å². The number of ether oxygens (including phenoxy) is 1. The van der Waals surface area contributed by atoms with Crippen LogP contribution in [0.4, 0.5) is 0 Å². The van der Waals surface area contributed by atoms with Crippen LogP contribution < -0.4 is 0 Å². The van der Waals surface area contributed by atoms with E-state index >= 15 is 0 Å². The van der Waals surface area contributed by atoms with Crippen LogP contribution in [-0.4, -0.2) is 46.7 Å². The Morgan fingerprint density at radius 2 is 1.14 bits per heavy atom. The molecule has 0 bridgehead atoms. The summed E-state index contributed by atoms with van der Waals surface area (Å²) in [6.45, 7) is 14.3. The molecule has 0 aliphatic heterocycles. The van der Waals surface area contributed by atoms with E-state index in [-0.39, 0.29) is 11.9 Å². The van der Waals surface area contributed by atoms with Crippen molar-refractivity contribution in [1.82, 2.24) is 14.5 Å². The first kappa shape index (κ1) is 39.7. The van der Waals surface area contributed by atoms with Gasteiger partial charge in [-0.1, -0.05) is 136 Å².